The SMILES string of the molecule is CC(C)[C@H](OC(=O)C1(C=Cc2ccc3ccc([C@@H](C)N(C)C(=O)OC(C)(C)C)nc3c2)CCC(O[Si](C)(C)C(C)(C)C)CC1)C(=O)N[C@@H](C)C(=O)N1CCC[C@@H](C(=O)OCC(Cl)(Cl)Cl)N1. The number of halogens is 3. The number of esters is 2. The molecule has 0 bridgehead atoms. The van der Waals surface area contributed by atoms with Gasteiger partial charge in [-0.15, -0.1) is 0 Å². The molecule has 0 unspecified atom stereocenters. The second-order valence-corrected chi connectivity index (χ2v) is 27.6. The predicted octanol–water partition coefficient (Wildman–Crippen LogP) is 9.61. The average molecular weight is 984 g/mol. The van der Waals surface area contributed by atoms with Crippen molar-refractivity contribution < 1.29 is 42.6 Å². The summed E-state index contributed by atoms with van der Waals surface area (Å²) in [6.45, 7) is 23.3. The number of hydrogen-bond donors (Lipinski definition) is 2. The Kier molecular flexibility index (Phi) is 18.0. The summed E-state index contributed by atoms with van der Waals surface area (Å²) >= 11 is 17.2. The van der Waals surface area contributed by atoms with E-state index in [-0.39, 0.29) is 23.7 Å². The first kappa shape index (κ1) is 54.1. The van der Waals surface area contributed by atoms with Gasteiger partial charge in [-0.25, -0.2) is 10.2 Å². The first-order valence-corrected chi connectivity index (χ1v) is 26.5. The fraction of sp³-hybridized carbons (Fsp3) is 0.660. The number of ether oxygens (including phenoxy) is 3. The molecular weight excluding hydrogens is 913 g/mol. The number of benzene rings is 1. The monoisotopic (exact) mass is 981 g/mol. The summed E-state index contributed by atoms with van der Waals surface area (Å²) in [7, 11) is -0.425. The largest absolute Gasteiger partial charge is 0.460 e. The standard InChI is InChI=1S/C47H70Cl3N5O9Si/c1-29(2)38(39(56)51-30(3)40(57)55-26-14-15-36(53-55)41(58)61-28-47(48,49)50)62-42(59)46(24-21-34(22-25-46)64-65(12,13)45(8,9)10)23-20-32-16-17-33-18-19-35(52-37(33)27-32)31(4)54(11)43(60)63-44(5,6)7/h16-20,23,27,29-31,34,36,38,53H,14-15,21-22,24-26,28H2,1-13H3,(H,51,56)/t30-,31+,34?,36-,38-,46?/m0/s1. The quantitative estimate of drug-likeness (QED) is 0.0802. The number of nitrogens with one attached hydrogen (secondary N) is 2. The minimum Gasteiger partial charge on any atom is -0.460 e. The first-order chi connectivity index (χ1) is 29.9. The number of pyridine rings is 1. The highest BCUT2D eigenvalue weighted by Gasteiger charge is 2.46. The zero-order valence-electron chi connectivity index (χ0n) is 40.3. The van der Waals surface area contributed by atoms with Gasteiger partial charge in [-0.1, -0.05) is 99.8 Å². The molecule has 1 saturated heterocycles. The van der Waals surface area contributed by atoms with E-state index < -0.39 is 83.7 Å². The van der Waals surface area contributed by atoms with E-state index >= 15 is 0 Å². The molecule has 3 amide bonds. The summed E-state index contributed by atoms with van der Waals surface area (Å²) in [6.07, 6.45) is 5.05. The molecule has 2 aromatic rings. The van der Waals surface area contributed by atoms with Gasteiger partial charge in [0, 0.05) is 25.1 Å². The lowest BCUT2D eigenvalue weighted by Crippen LogP contribution is -2.60. The Hall–Kier alpha value is -3.47. The van der Waals surface area contributed by atoms with E-state index in [1.165, 1.54) is 16.8 Å². The molecule has 2 heterocycles. The Morgan fingerprint density at radius 2 is 1.62 bits per heavy atom. The van der Waals surface area contributed by atoms with Crippen LogP contribution in [0.1, 0.15) is 125 Å². The number of fused-ring (bicyclic) bond motifs is 1. The smallest absolute Gasteiger partial charge is 0.410 e. The minimum absolute atomic E-state index is 0.00810. The number of rotatable bonds is 14. The third-order valence-electron chi connectivity index (χ3n) is 12.5. The van der Waals surface area contributed by atoms with Crippen molar-refractivity contribution in [2.24, 2.45) is 11.3 Å². The zero-order valence-corrected chi connectivity index (χ0v) is 43.6. The maximum atomic E-state index is 14.6. The van der Waals surface area contributed by atoms with Gasteiger partial charge in [0.25, 0.3) is 11.8 Å². The Bertz CT molecular complexity index is 2060. The number of nitrogens with zero attached hydrogens (tertiary/aromatic N) is 3. The van der Waals surface area contributed by atoms with Gasteiger partial charge in [0.2, 0.25) is 3.79 Å². The molecule has 4 atom stereocenters. The number of amides is 3. The van der Waals surface area contributed by atoms with Gasteiger partial charge in [0.15, 0.2) is 14.4 Å². The van der Waals surface area contributed by atoms with Crippen molar-refractivity contribution in [3.8, 4) is 0 Å². The van der Waals surface area contributed by atoms with Crippen LogP contribution in [0.15, 0.2) is 36.4 Å². The maximum Gasteiger partial charge on any atom is 0.410 e. The van der Waals surface area contributed by atoms with Gasteiger partial charge in [-0.05, 0) is 115 Å². The van der Waals surface area contributed by atoms with E-state index in [0.29, 0.717) is 49.7 Å². The van der Waals surface area contributed by atoms with Crippen molar-refractivity contribution in [2.75, 3.05) is 20.2 Å². The van der Waals surface area contributed by atoms with Crippen molar-refractivity contribution in [3.63, 3.8) is 0 Å². The van der Waals surface area contributed by atoms with Crippen LogP contribution in [-0.2, 0) is 37.8 Å². The molecule has 1 aliphatic carbocycles. The molecule has 4 rings (SSSR count). The number of hydrogen-bond acceptors (Lipinski definition) is 11. The lowest BCUT2D eigenvalue weighted by molar-refractivity contribution is -0.168. The van der Waals surface area contributed by atoms with E-state index in [2.05, 4.69) is 44.6 Å². The highest BCUT2D eigenvalue weighted by atomic mass is 35.6. The van der Waals surface area contributed by atoms with Crippen LogP contribution in [0, 0.1) is 11.3 Å². The predicted molar refractivity (Wildman–Crippen MR) is 258 cm³/mol. The van der Waals surface area contributed by atoms with E-state index in [1.807, 2.05) is 70.2 Å². The summed E-state index contributed by atoms with van der Waals surface area (Å²) < 4.78 is 21.9. The summed E-state index contributed by atoms with van der Waals surface area (Å²) in [5.41, 5.74) is 3.35. The Labute approximate surface area is 401 Å². The number of alkyl halides is 3. The molecule has 1 aliphatic heterocycles. The summed E-state index contributed by atoms with van der Waals surface area (Å²) in [5.74, 6) is -2.78. The van der Waals surface area contributed by atoms with Crippen molar-refractivity contribution in [3.05, 3.63) is 47.7 Å². The van der Waals surface area contributed by atoms with Gasteiger partial charge in [-0.3, -0.25) is 29.2 Å². The third-order valence-corrected chi connectivity index (χ3v) is 17.3. The maximum absolute atomic E-state index is 14.6. The van der Waals surface area contributed by atoms with E-state index in [1.54, 1.807) is 20.9 Å². The van der Waals surface area contributed by atoms with E-state index in [4.69, 9.17) is 58.4 Å². The molecule has 2 fully saturated rings. The molecule has 2 N–H and O–H groups in total. The topological polar surface area (TPSA) is 166 Å². The van der Waals surface area contributed by atoms with Crippen LogP contribution in [0.4, 0.5) is 4.79 Å². The average Bonchev–Trinajstić information content (AvgIpc) is 3.21. The second kappa shape index (κ2) is 21.7. The molecule has 65 heavy (non-hydrogen) atoms. The number of carbonyl (C=O) groups excluding carboxylic acids is 5. The van der Waals surface area contributed by atoms with Crippen molar-refractivity contribution in [1.29, 1.82) is 0 Å². The van der Waals surface area contributed by atoms with Crippen LogP contribution in [0.25, 0.3) is 17.0 Å². The molecule has 2 aliphatic rings. The van der Waals surface area contributed by atoms with Gasteiger partial charge in [0.1, 0.15) is 24.3 Å². The van der Waals surface area contributed by atoms with Gasteiger partial charge < -0.3 is 28.9 Å². The Balaban J connectivity index is 1.56. The number of aromatic nitrogens is 1. The van der Waals surface area contributed by atoms with Crippen LogP contribution >= 0.6 is 34.8 Å². The van der Waals surface area contributed by atoms with Crippen LogP contribution < -0.4 is 10.7 Å². The molecule has 14 nitrogen and oxygen atoms in total. The normalized spacial score (nSPS) is 21.4. The first-order valence-electron chi connectivity index (χ1n) is 22.5. The highest BCUT2D eigenvalue weighted by Crippen LogP contribution is 2.44. The van der Waals surface area contributed by atoms with Crippen molar-refractivity contribution in [2.45, 2.75) is 166 Å². The zero-order chi connectivity index (χ0) is 48.9. The van der Waals surface area contributed by atoms with Gasteiger partial charge >= 0.3 is 18.0 Å². The highest BCUT2D eigenvalue weighted by molar-refractivity contribution is 6.74. The Morgan fingerprint density at radius 3 is 2.20 bits per heavy atom. The lowest BCUT2D eigenvalue weighted by Gasteiger charge is -2.43. The van der Waals surface area contributed by atoms with E-state index in [0.717, 1.165) is 10.9 Å². The van der Waals surface area contributed by atoms with Gasteiger partial charge in [0.05, 0.1) is 22.7 Å². The molecule has 18 heteroatoms. The second-order valence-electron chi connectivity index (χ2n) is 20.4. The van der Waals surface area contributed by atoms with E-state index in [9.17, 15) is 24.0 Å². The summed E-state index contributed by atoms with van der Waals surface area (Å²) in [6, 6.07) is 7.45. The van der Waals surface area contributed by atoms with Crippen molar-refractivity contribution in [1.82, 2.24) is 25.6 Å². The van der Waals surface area contributed by atoms with Crippen LogP contribution in [0.3, 0.4) is 0 Å². The van der Waals surface area contributed by atoms with Crippen LogP contribution in [0.2, 0.25) is 18.1 Å². The number of hydrazine groups is 1. The molecule has 0 radical (unpaired) electrons. The molecule has 1 aromatic carbocycles. The molecular formula is C47H70Cl3N5O9Si. The molecule has 362 valence electrons. The minimum atomic E-state index is -2.11. The lowest BCUT2D eigenvalue weighted by atomic mass is 9.72. The summed E-state index contributed by atoms with van der Waals surface area (Å²) in [5, 5.41) is 4.92. The fourth-order valence-electron chi connectivity index (χ4n) is 7.37. The van der Waals surface area contributed by atoms with Crippen LogP contribution in [-0.4, -0.2) is 107 Å². The molecule has 1 aromatic heterocycles. The van der Waals surface area contributed by atoms with Gasteiger partial charge in [-0.2, -0.15) is 0 Å². The molecule has 1 saturated carbocycles. The molecule has 0 spiro atoms. The fourth-order valence-corrected chi connectivity index (χ4v) is 8.96. The Morgan fingerprint density at radius 1 is 0.985 bits per heavy atom. The summed E-state index contributed by atoms with van der Waals surface area (Å²) in [4.78, 5) is 74.1. The van der Waals surface area contributed by atoms with Crippen molar-refractivity contribution >= 4 is 89.9 Å². The van der Waals surface area contributed by atoms with Crippen LogP contribution in [0.5, 0.6) is 0 Å². The number of carbonyl (C=O) groups is 5. The third kappa shape index (κ3) is 15.0.